The van der Waals surface area contributed by atoms with Gasteiger partial charge in [-0.1, -0.05) is 11.6 Å². The predicted molar refractivity (Wildman–Crippen MR) is 56.3 cm³/mol. The van der Waals surface area contributed by atoms with Crippen LogP contribution in [0.15, 0.2) is 12.3 Å². The van der Waals surface area contributed by atoms with Gasteiger partial charge < -0.3 is 10.2 Å². The molecule has 1 rings (SSSR count). The van der Waals surface area contributed by atoms with Gasteiger partial charge in [-0.2, -0.15) is 0 Å². The average Bonchev–Trinajstić information content (AvgIpc) is 2.04. The summed E-state index contributed by atoms with van der Waals surface area (Å²) in [4.78, 5) is 6.14. The number of nitrogens with one attached hydrogen (secondary N) is 1. The summed E-state index contributed by atoms with van der Waals surface area (Å²) < 4.78 is 0. The quantitative estimate of drug-likeness (QED) is 0.800. The lowest BCUT2D eigenvalue weighted by Gasteiger charge is -2.13. The molecular formula is C9H14ClN3. The summed E-state index contributed by atoms with van der Waals surface area (Å²) in [5.74, 6) is 0.807. The van der Waals surface area contributed by atoms with Crippen LogP contribution in [0.1, 0.15) is 5.56 Å². The molecule has 0 aliphatic heterocycles. The summed E-state index contributed by atoms with van der Waals surface area (Å²) in [6.45, 7) is 0.792. The standard InChI is InChI=1S/C9H14ClN3/c1-11-5-7-4-8(10)9(12-6-7)13(2)3/h4,6,11H,5H2,1-3H3. The highest BCUT2D eigenvalue weighted by Gasteiger charge is 2.04. The molecule has 1 N–H and O–H groups in total. The van der Waals surface area contributed by atoms with Gasteiger partial charge in [-0.25, -0.2) is 4.98 Å². The number of nitrogens with zero attached hydrogens (tertiary/aromatic N) is 2. The van der Waals surface area contributed by atoms with E-state index in [4.69, 9.17) is 11.6 Å². The van der Waals surface area contributed by atoms with Crippen molar-refractivity contribution in [3.8, 4) is 0 Å². The highest BCUT2D eigenvalue weighted by Crippen LogP contribution is 2.21. The fourth-order valence-corrected chi connectivity index (χ4v) is 1.46. The highest BCUT2D eigenvalue weighted by molar-refractivity contribution is 6.33. The van der Waals surface area contributed by atoms with E-state index in [-0.39, 0.29) is 0 Å². The summed E-state index contributed by atoms with van der Waals surface area (Å²) in [5, 5.41) is 3.74. The van der Waals surface area contributed by atoms with Gasteiger partial charge in [0.25, 0.3) is 0 Å². The van der Waals surface area contributed by atoms with Crippen molar-refractivity contribution in [1.29, 1.82) is 0 Å². The Morgan fingerprint density at radius 1 is 1.54 bits per heavy atom. The molecule has 0 radical (unpaired) electrons. The van der Waals surface area contributed by atoms with Crippen molar-refractivity contribution in [2.45, 2.75) is 6.54 Å². The van der Waals surface area contributed by atoms with Gasteiger partial charge in [0.2, 0.25) is 0 Å². The molecule has 4 heteroatoms. The van der Waals surface area contributed by atoms with Crippen LogP contribution in [0.3, 0.4) is 0 Å². The van der Waals surface area contributed by atoms with Crippen LogP contribution in [0, 0.1) is 0 Å². The molecular weight excluding hydrogens is 186 g/mol. The van der Waals surface area contributed by atoms with Crippen LogP contribution in [0.4, 0.5) is 5.82 Å². The monoisotopic (exact) mass is 199 g/mol. The Labute approximate surface area is 83.7 Å². The molecule has 1 aromatic rings. The van der Waals surface area contributed by atoms with Crippen LogP contribution in [0.25, 0.3) is 0 Å². The molecule has 0 fully saturated rings. The van der Waals surface area contributed by atoms with E-state index in [1.54, 1.807) is 0 Å². The molecule has 0 amide bonds. The molecule has 72 valence electrons. The number of hydrogen-bond donors (Lipinski definition) is 1. The van der Waals surface area contributed by atoms with Crippen molar-refractivity contribution in [3.63, 3.8) is 0 Å². The molecule has 0 saturated heterocycles. The smallest absolute Gasteiger partial charge is 0.146 e. The van der Waals surface area contributed by atoms with Crippen LogP contribution in [0.5, 0.6) is 0 Å². The first-order valence-electron chi connectivity index (χ1n) is 4.11. The Balaban J connectivity index is 2.92. The lowest BCUT2D eigenvalue weighted by atomic mass is 10.3. The number of halogens is 1. The minimum absolute atomic E-state index is 0.692. The Morgan fingerprint density at radius 2 is 2.23 bits per heavy atom. The number of aromatic nitrogens is 1. The van der Waals surface area contributed by atoms with Gasteiger partial charge in [0, 0.05) is 26.8 Å². The Bertz CT molecular complexity index is 286. The maximum atomic E-state index is 6.03. The average molecular weight is 200 g/mol. The molecule has 1 aromatic heterocycles. The van der Waals surface area contributed by atoms with Crippen molar-refractivity contribution in [2.75, 3.05) is 26.0 Å². The van der Waals surface area contributed by atoms with Gasteiger partial charge in [0.15, 0.2) is 0 Å². The van der Waals surface area contributed by atoms with Crippen LogP contribution < -0.4 is 10.2 Å². The molecule has 0 bridgehead atoms. The van der Waals surface area contributed by atoms with Crippen molar-refractivity contribution in [2.24, 2.45) is 0 Å². The van der Waals surface area contributed by atoms with E-state index in [0.29, 0.717) is 5.02 Å². The first-order valence-corrected chi connectivity index (χ1v) is 4.49. The molecule has 0 saturated carbocycles. The zero-order valence-electron chi connectivity index (χ0n) is 8.13. The second-order valence-electron chi connectivity index (χ2n) is 3.07. The number of hydrogen-bond acceptors (Lipinski definition) is 3. The minimum Gasteiger partial charge on any atom is -0.362 e. The lowest BCUT2D eigenvalue weighted by Crippen LogP contribution is -2.12. The normalized spacial score (nSPS) is 10.2. The van der Waals surface area contributed by atoms with Gasteiger partial charge in [0.05, 0.1) is 5.02 Å². The third kappa shape index (κ3) is 2.57. The van der Waals surface area contributed by atoms with E-state index in [2.05, 4.69) is 10.3 Å². The Morgan fingerprint density at radius 3 is 2.69 bits per heavy atom. The molecule has 3 nitrogen and oxygen atoms in total. The summed E-state index contributed by atoms with van der Waals surface area (Å²) in [6.07, 6.45) is 1.83. The molecule has 0 atom stereocenters. The SMILES string of the molecule is CNCc1cnc(N(C)C)c(Cl)c1. The second-order valence-corrected chi connectivity index (χ2v) is 3.48. The lowest BCUT2D eigenvalue weighted by molar-refractivity contribution is 0.812. The minimum atomic E-state index is 0.692. The maximum Gasteiger partial charge on any atom is 0.146 e. The summed E-state index contributed by atoms with van der Waals surface area (Å²) >= 11 is 6.03. The second kappa shape index (κ2) is 4.44. The Hall–Kier alpha value is -0.800. The number of rotatable bonds is 3. The van der Waals surface area contributed by atoms with E-state index in [0.717, 1.165) is 17.9 Å². The van der Waals surface area contributed by atoms with Crippen LogP contribution >= 0.6 is 11.6 Å². The fraction of sp³-hybridized carbons (Fsp3) is 0.444. The Kier molecular flexibility index (Phi) is 3.51. The molecule has 1 heterocycles. The third-order valence-electron chi connectivity index (χ3n) is 1.68. The number of pyridine rings is 1. The van der Waals surface area contributed by atoms with Gasteiger partial charge in [-0.15, -0.1) is 0 Å². The van der Waals surface area contributed by atoms with Crippen molar-refractivity contribution in [1.82, 2.24) is 10.3 Å². The maximum absolute atomic E-state index is 6.03. The molecule has 13 heavy (non-hydrogen) atoms. The van der Waals surface area contributed by atoms with Crippen LogP contribution in [0.2, 0.25) is 5.02 Å². The fourth-order valence-electron chi connectivity index (χ4n) is 1.10. The molecule has 0 spiro atoms. The predicted octanol–water partition coefficient (Wildman–Crippen LogP) is 1.52. The van der Waals surface area contributed by atoms with E-state index in [1.165, 1.54) is 0 Å². The zero-order chi connectivity index (χ0) is 9.84. The van der Waals surface area contributed by atoms with Gasteiger partial charge >= 0.3 is 0 Å². The first kappa shape index (κ1) is 10.3. The van der Waals surface area contributed by atoms with Crippen molar-refractivity contribution in [3.05, 3.63) is 22.8 Å². The summed E-state index contributed by atoms with van der Waals surface area (Å²) in [6, 6.07) is 1.93. The van der Waals surface area contributed by atoms with E-state index < -0.39 is 0 Å². The van der Waals surface area contributed by atoms with Crippen LogP contribution in [-0.2, 0) is 6.54 Å². The largest absolute Gasteiger partial charge is 0.362 e. The first-order chi connectivity index (χ1) is 6.15. The molecule has 0 aromatic carbocycles. The molecule has 0 aliphatic rings. The van der Waals surface area contributed by atoms with Crippen LogP contribution in [-0.4, -0.2) is 26.1 Å². The third-order valence-corrected chi connectivity index (χ3v) is 1.96. The molecule has 0 aliphatic carbocycles. The van der Waals surface area contributed by atoms with E-state index in [1.807, 2.05) is 38.3 Å². The number of anilines is 1. The van der Waals surface area contributed by atoms with Crippen molar-refractivity contribution < 1.29 is 0 Å². The van der Waals surface area contributed by atoms with Gasteiger partial charge in [0.1, 0.15) is 5.82 Å². The van der Waals surface area contributed by atoms with E-state index >= 15 is 0 Å². The summed E-state index contributed by atoms with van der Waals surface area (Å²) in [7, 11) is 5.74. The van der Waals surface area contributed by atoms with Crippen molar-refractivity contribution >= 4 is 17.4 Å². The van der Waals surface area contributed by atoms with E-state index in [9.17, 15) is 0 Å². The topological polar surface area (TPSA) is 28.2 Å². The highest BCUT2D eigenvalue weighted by atomic mass is 35.5. The zero-order valence-corrected chi connectivity index (χ0v) is 8.89. The summed E-state index contributed by atoms with van der Waals surface area (Å²) in [5.41, 5.74) is 1.10. The molecule has 0 unspecified atom stereocenters. The van der Waals surface area contributed by atoms with Gasteiger partial charge in [-0.05, 0) is 18.7 Å². The van der Waals surface area contributed by atoms with Gasteiger partial charge in [-0.3, -0.25) is 0 Å².